The summed E-state index contributed by atoms with van der Waals surface area (Å²) in [6, 6.07) is 10.4. The first-order valence-electron chi connectivity index (χ1n) is 9.86. The predicted molar refractivity (Wildman–Crippen MR) is 125 cm³/mol. The summed E-state index contributed by atoms with van der Waals surface area (Å²) in [6.45, 7) is 0. The fourth-order valence-electron chi connectivity index (χ4n) is 3.82. The summed E-state index contributed by atoms with van der Waals surface area (Å²) in [7, 11) is -2.09. The van der Waals surface area contributed by atoms with Crippen molar-refractivity contribution in [3.8, 4) is 28.1 Å². The van der Waals surface area contributed by atoms with Crippen molar-refractivity contribution in [1.29, 1.82) is 0 Å². The highest BCUT2D eigenvalue weighted by Crippen LogP contribution is 2.39. The molecular formula is C23H18FN5O3S. The van der Waals surface area contributed by atoms with E-state index in [1.54, 1.807) is 36.8 Å². The van der Waals surface area contributed by atoms with Gasteiger partial charge in [0.1, 0.15) is 17.2 Å². The summed E-state index contributed by atoms with van der Waals surface area (Å²) >= 11 is 0. The van der Waals surface area contributed by atoms with Gasteiger partial charge >= 0.3 is 0 Å². The summed E-state index contributed by atoms with van der Waals surface area (Å²) in [5.41, 5.74) is 3.82. The minimum absolute atomic E-state index is 0.261. The zero-order valence-electron chi connectivity index (χ0n) is 17.6. The molecule has 5 rings (SSSR count). The molecule has 4 aromatic heterocycles. The maximum Gasteiger partial charge on any atom is 0.229 e. The number of hydrogen-bond acceptors (Lipinski definition) is 6. The van der Waals surface area contributed by atoms with Crippen molar-refractivity contribution in [2.75, 3.05) is 18.1 Å². The molecule has 8 nitrogen and oxygen atoms in total. The van der Waals surface area contributed by atoms with E-state index in [-0.39, 0.29) is 11.4 Å². The van der Waals surface area contributed by atoms with Crippen molar-refractivity contribution in [3.05, 3.63) is 67.0 Å². The van der Waals surface area contributed by atoms with Crippen LogP contribution in [0.25, 0.3) is 44.3 Å². The van der Waals surface area contributed by atoms with Gasteiger partial charge in [-0.3, -0.25) is 14.7 Å². The lowest BCUT2D eigenvalue weighted by Crippen LogP contribution is -2.10. The third-order valence-corrected chi connectivity index (χ3v) is 5.79. The number of ether oxygens (including phenoxy) is 1. The SMILES string of the molecule is COc1cc(-c2c(F)cnc3[nH]c4cnc(-c5cccnc5)cc4c23)ccc1NS(C)(=O)=O. The molecule has 10 heteroatoms. The molecule has 0 aliphatic rings. The monoisotopic (exact) mass is 463 g/mol. The van der Waals surface area contributed by atoms with Crippen molar-refractivity contribution < 1.29 is 17.5 Å². The van der Waals surface area contributed by atoms with E-state index in [9.17, 15) is 8.42 Å². The average Bonchev–Trinajstić information content (AvgIpc) is 3.17. The zero-order valence-corrected chi connectivity index (χ0v) is 18.4. The quantitative estimate of drug-likeness (QED) is 0.401. The number of fused-ring (bicyclic) bond motifs is 3. The van der Waals surface area contributed by atoms with Crippen molar-refractivity contribution in [3.63, 3.8) is 0 Å². The number of pyridine rings is 3. The Morgan fingerprint density at radius 2 is 1.91 bits per heavy atom. The number of H-pyrrole nitrogens is 1. The summed E-state index contributed by atoms with van der Waals surface area (Å²) in [6.07, 6.45) is 7.27. The first-order valence-corrected chi connectivity index (χ1v) is 11.8. The zero-order chi connectivity index (χ0) is 23.2. The summed E-state index contributed by atoms with van der Waals surface area (Å²) in [5.74, 6) is -0.256. The molecule has 0 bridgehead atoms. The van der Waals surface area contributed by atoms with Gasteiger partial charge in [0.25, 0.3) is 0 Å². The Balaban J connectivity index is 1.75. The van der Waals surface area contributed by atoms with Crippen LogP contribution in [0.3, 0.4) is 0 Å². The highest BCUT2D eigenvalue weighted by Gasteiger charge is 2.19. The van der Waals surface area contributed by atoms with Gasteiger partial charge < -0.3 is 9.72 Å². The van der Waals surface area contributed by atoms with Crippen molar-refractivity contribution in [1.82, 2.24) is 19.9 Å². The number of benzene rings is 1. The molecular weight excluding hydrogens is 445 g/mol. The van der Waals surface area contributed by atoms with Gasteiger partial charge in [-0.1, -0.05) is 6.07 Å². The lowest BCUT2D eigenvalue weighted by atomic mass is 10.00. The number of nitrogens with zero attached hydrogens (tertiary/aromatic N) is 3. The number of nitrogens with one attached hydrogen (secondary N) is 2. The van der Waals surface area contributed by atoms with Gasteiger partial charge in [0.05, 0.1) is 42.7 Å². The minimum Gasteiger partial charge on any atom is -0.495 e. The van der Waals surface area contributed by atoms with E-state index in [0.717, 1.165) is 23.4 Å². The van der Waals surface area contributed by atoms with Gasteiger partial charge in [-0.05, 0) is 35.9 Å². The van der Waals surface area contributed by atoms with Crippen LogP contribution in [-0.2, 0) is 10.0 Å². The molecule has 0 aliphatic heterocycles. The third-order valence-electron chi connectivity index (χ3n) is 5.20. The number of aromatic nitrogens is 4. The molecule has 33 heavy (non-hydrogen) atoms. The highest BCUT2D eigenvalue weighted by atomic mass is 32.2. The summed E-state index contributed by atoms with van der Waals surface area (Å²) in [5, 5.41) is 1.33. The second kappa shape index (κ2) is 7.82. The lowest BCUT2D eigenvalue weighted by Gasteiger charge is -2.13. The molecule has 0 spiro atoms. The van der Waals surface area contributed by atoms with Gasteiger partial charge in [0.2, 0.25) is 10.0 Å². The smallest absolute Gasteiger partial charge is 0.229 e. The Morgan fingerprint density at radius 1 is 1.06 bits per heavy atom. The molecule has 0 aliphatic carbocycles. The minimum atomic E-state index is -3.51. The van der Waals surface area contributed by atoms with Gasteiger partial charge in [0, 0.05) is 34.3 Å². The van der Waals surface area contributed by atoms with Gasteiger partial charge in [-0.15, -0.1) is 0 Å². The van der Waals surface area contributed by atoms with Crippen LogP contribution in [0.5, 0.6) is 5.75 Å². The summed E-state index contributed by atoms with van der Waals surface area (Å²) < 4.78 is 46.3. The Kier molecular flexibility index (Phi) is 4.94. The molecule has 0 atom stereocenters. The van der Waals surface area contributed by atoms with Crippen LogP contribution < -0.4 is 9.46 Å². The molecule has 166 valence electrons. The van der Waals surface area contributed by atoms with Crippen LogP contribution in [0, 0.1) is 5.82 Å². The van der Waals surface area contributed by atoms with E-state index in [1.165, 1.54) is 7.11 Å². The average molecular weight is 463 g/mol. The van der Waals surface area contributed by atoms with Crippen LogP contribution in [0.1, 0.15) is 0 Å². The predicted octanol–water partition coefficient (Wildman–Crippen LogP) is 4.36. The first-order chi connectivity index (χ1) is 15.8. The van der Waals surface area contributed by atoms with Crippen LogP contribution in [0.4, 0.5) is 10.1 Å². The van der Waals surface area contributed by atoms with Crippen LogP contribution in [0.2, 0.25) is 0 Å². The van der Waals surface area contributed by atoms with Gasteiger partial charge in [-0.25, -0.2) is 17.8 Å². The van der Waals surface area contributed by atoms with Crippen molar-refractivity contribution in [2.24, 2.45) is 0 Å². The Morgan fingerprint density at radius 3 is 2.64 bits per heavy atom. The van der Waals surface area contributed by atoms with E-state index in [2.05, 4.69) is 24.7 Å². The van der Waals surface area contributed by atoms with Crippen LogP contribution in [-0.4, -0.2) is 41.7 Å². The maximum atomic E-state index is 15.2. The number of sulfonamides is 1. The van der Waals surface area contributed by atoms with E-state index in [0.29, 0.717) is 33.4 Å². The van der Waals surface area contributed by atoms with Gasteiger partial charge in [0.15, 0.2) is 0 Å². The highest BCUT2D eigenvalue weighted by molar-refractivity contribution is 7.92. The molecule has 4 heterocycles. The largest absolute Gasteiger partial charge is 0.495 e. The van der Waals surface area contributed by atoms with E-state index < -0.39 is 15.8 Å². The normalized spacial score (nSPS) is 11.7. The first kappa shape index (κ1) is 20.8. The van der Waals surface area contributed by atoms with E-state index in [1.807, 2.05) is 18.2 Å². The molecule has 0 saturated carbocycles. The molecule has 0 amide bonds. The molecule has 0 saturated heterocycles. The fourth-order valence-corrected chi connectivity index (χ4v) is 4.39. The van der Waals surface area contributed by atoms with Crippen LogP contribution >= 0.6 is 0 Å². The number of hydrogen-bond donors (Lipinski definition) is 2. The molecule has 0 radical (unpaired) electrons. The van der Waals surface area contributed by atoms with Crippen molar-refractivity contribution in [2.45, 2.75) is 0 Å². The Bertz CT molecular complexity index is 1620. The topological polar surface area (TPSA) is 110 Å². The number of anilines is 1. The third kappa shape index (κ3) is 3.85. The number of methoxy groups -OCH3 is 1. The lowest BCUT2D eigenvalue weighted by molar-refractivity contribution is 0.417. The van der Waals surface area contributed by atoms with E-state index in [4.69, 9.17) is 4.74 Å². The molecule has 0 fully saturated rings. The Labute approximate surface area is 188 Å². The standard InChI is InChI=1S/C23H18FN5O3S/c1-32-20-8-13(5-6-17(20)29-33(2,30)31)21-16(24)11-27-23-22(21)15-9-18(26-12-19(15)28-23)14-4-3-7-25-10-14/h3-12,29H,1-2H3,(H,27,28). The molecule has 0 unspecified atom stereocenters. The number of aromatic amines is 1. The van der Waals surface area contributed by atoms with Gasteiger partial charge in [-0.2, -0.15) is 0 Å². The fraction of sp³-hybridized carbons (Fsp3) is 0.0870. The van der Waals surface area contributed by atoms with Crippen molar-refractivity contribution >= 4 is 37.6 Å². The molecule has 5 aromatic rings. The van der Waals surface area contributed by atoms with E-state index >= 15 is 4.39 Å². The number of halogens is 1. The molecule has 1 aromatic carbocycles. The van der Waals surface area contributed by atoms with Crippen LogP contribution in [0.15, 0.2) is 61.2 Å². The Hall–Kier alpha value is -4.05. The maximum absolute atomic E-state index is 15.2. The second-order valence-electron chi connectivity index (χ2n) is 7.48. The number of rotatable bonds is 5. The summed E-state index contributed by atoms with van der Waals surface area (Å²) in [4.78, 5) is 16.0. The molecule has 2 N–H and O–H groups in total. The second-order valence-corrected chi connectivity index (χ2v) is 9.22.